The Bertz CT molecular complexity index is 127. The maximum Gasteiger partial charge on any atom is 0.0547 e. The first-order valence-electron chi connectivity index (χ1n) is 5.14. The van der Waals surface area contributed by atoms with Crippen molar-refractivity contribution < 1.29 is 10.2 Å². The predicted octanol–water partition coefficient (Wildman–Crippen LogP) is 2.19. The highest BCUT2D eigenvalue weighted by atomic mass is 16.3. The predicted molar refractivity (Wildman–Crippen MR) is 55.6 cm³/mol. The van der Waals surface area contributed by atoms with Gasteiger partial charge in [-0.25, -0.2) is 0 Å². The number of rotatable bonds is 5. The van der Waals surface area contributed by atoms with Gasteiger partial charge in [-0.15, -0.1) is 0 Å². The van der Waals surface area contributed by atoms with E-state index in [1.807, 2.05) is 0 Å². The van der Waals surface area contributed by atoms with E-state index in [0.717, 1.165) is 19.3 Å². The van der Waals surface area contributed by atoms with E-state index < -0.39 is 0 Å². The number of aliphatic hydroxyl groups excluding tert-OH is 2. The topological polar surface area (TPSA) is 40.5 Å². The van der Waals surface area contributed by atoms with E-state index in [0.29, 0.717) is 5.92 Å². The second-order valence-electron chi connectivity index (χ2n) is 5.27. The van der Waals surface area contributed by atoms with Crippen molar-refractivity contribution in [1.82, 2.24) is 0 Å². The second kappa shape index (κ2) is 5.61. The first-order chi connectivity index (χ1) is 5.85. The lowest BCUT2D eigenvalue weighted by molar-refractivity contribution is 0.0935. The van der Waals surface area contributed by atoms with Crippen LogP contribution in [0, 0.1) is 11.3 Å². The summed E-state index contributed by atoms with van der Waals surface area (Å²) in [6, 6.07) is 0. The molecule has 0 rings (SSSR count). The first kappa shape index (κ1) is 12.9. The molecular weight excluding hydrogens is 164 g/mol. The maximum absolute atomic E-state index is 9.70. The van der Waals surface area contributed by atoms with Gasteiger partial charge in [-0.3, -0.25) is 0 Å². The van der Waals surface area contributed by atoms with Crippen LogP contribution in [0.1, 0.15) is 47.0 Å². The van der Waals surface area contributed by atoms with Crippen LogP contribution in [-0.2, 0) is 0 Å². The average molecular weight is 188 g/mol. The lowest BCUT2D eigenvalue weighted by atomic mass is 9.86. The molecule has 2 unspecified atom stereocenters. The molecule has 0 heterocycles. The van der Waals surface area contributed by atoms with E-state index in [1.54, 1.807) is 0 Å². The number of hydrogen-bond acceptors (Lipinski definition) is 2. The molecule has 0 aliphatic rings. The summed E-state index contributed by atoms with van der Waals surface area (Å²) < 4.78 is 0. The minimum Gasteiger partial charge on any atom is -0.396 e. The fourth-order valence-corrected chi connectivity index (χ4v) is 1.59. The summed E-state index contributed by atoms with van der Waals surface area (Å²) in [4.78, 5) is 0. The summed E-state index contributed by atoms with van der Waals surface area (Å²) in [5.41, 5.74) is 0.193. The van der Waals surface area contributed by atoms with E-state index in [1.165, 1.54) is 0 Å². The average Bonchev–Trinajstić information content (AvgIpc) is 1.81. The van der Waals surface area contributed by atoms with Crippen molar-refractivity contribution in [3.8, 4) is 0 Å². The SMILES string of the molecule is CC(CCO)CC(O)CC(C)(C)C. The molecule has 0 aliphatic heterocycles. The minimum atomic E-state index is -0.221. The van der Waals surface area contributed by atoms with Gasteiger partial charge in [0.1, 0.15) is 0 Å². The molecule has 2 N–H and O–H groups in total. The lowest BCUT2D eigenvalue weighted by Gasteiger charge is -2.24. The van der Waals surface area contributed by atoms with Crippen molar-refractivity contribution in [1.29, 1.82) is 0 Å². The van der Waals surface area contributed by atoms with Crippen LogP contribution < -0.4 is 0 Å². The van der Waals surface area contributed by atoms with Crippen LogP contribution in [0.4, 0.5) is 0 Å². The molecule has 2 nitrogen and oxygen atoms in total. The monoisotopic (exact) mass is 188 g/mol. The summed E-state index contributed by atoms with van der Waals surface area (Å²) in [6.45, 7) is 8.69. The van der Waals surface area contributed by atoms with Crippen LogP contribution in [0.25, 0.3) is 0 Å². The van der Waals surface area contributed by atoms with Gasteiger partial charge in [-0.05, 0) is 30.6 Å². The Morgan fingerprint density at radius 2 is 1.77 bits per heavy atom. The molecule has 0 saturated carbocycles. The molecule has 0 radical (unpaired) electrons. The van der Waals surface area contributed by atoms with E-state index in [4.69, 9.17) is 5.11 Å². The molecule has 0 saturated heterocycles. The summed E-state index contributed by atoms with van der Waals surface area (Å²) >= 11 is 0. The van der Waals surface area contributed by atoms with Crippen molar-refractivity contribution in [2.24, 2.45) is 11.3 Å². The molecule has 2 atom stereocenters. The normalized spacial score (nSPS) is 17.1. The van der Waals surface area contributed by atoms with E-state index in [-0.39, 0.29) is 18.1 Å². The van der Waals surface area contributed by atoms with Gasteiger partial charge in [0.25, 0.3) is 0 Å². The van der Waals surface area contributed by atoms with Crippen LogP contribution in [0.15, 0.2) is 0 Å². The third-order valence-electron chi connectivity index (χ3n) is 2.14. The van der Waals surface area contributed by atoms with Crippen LogP contribution in [0.5, 0.6) is 0 Å². The molecule has 0 amide bonds. The van der Waals surface area contributed by atoms with Gasteiger partial charge in [0.05, 0.1) is 6.10 Å². The third kappa shape index (κ3) is 8.26. The zero-order valence-electron chi connectivity index (χ0n) is 9.38. The highest BCUT2D eigenvalue weighted by Crippen LogP contribution is 2.24. The first-order valence-corrected chi connectivity index (χ1v) is 5.14. The Morgan fingerprint density at radius 1 is 1.23 bits per heavy atom. The maximum atomic E-state index is 9.70. The molecule has 80 valence electrons. The van der Waals surface area contributed by atoms with Crippen molar-refractivity contribution in [2.45, 2.75) is 53.1 Å². The van der Waals surface area contributed by atoms with Gasteiger partial charge >= 0.3 is 0 Å². The Hall–Kier alpha value is -0.0800. The molecule has 2 heteroatoms. The van der Waals surface area contributed by atoms with Crippen LogP contribution in [0.2, 0.25) is 0 Å². The molecule has 0 aromatic rings. The molecule has 0 fully saturated rings. The molecule has 0 aromatic carbocycles. The van der Waals surface area contributed by atoms with Crippen LogP contribution in [0.3, 0.4) is 0 Å². The van der Waals surface area contributed by atoms with Gasteiger partial charge in [0, 0.05) is 6.61 Å². The highest BCUT2D eigenvalue weighted by Gasteiger charge is 2.18. The van der Waals surface area contributed by atoms with Crippen molar-refractivity contribution >= 4 is 0 Å². The van der Waals surface area contributed by atoms with Crippen LogP contribution >= 0.6 is 0 Å². The van der Waals surface area contributed by atoms with Gasteiger partial charge in [-0.2, -0.15) is 0 Å². The van der Waals surface area contributed by atoms with Crippen molar-refractivity contribution in [3.63, 3.8) is 0 Å². The van der Waals surface area contributed by atoms with Crippen molar-refractivity contribution in [3.05, 3.63) is 0 Å². The highest BCUT2D eigenvalue weighted by molar-refractivity contribution is 4.70. The molecule has 13 heavy (non-hydrogen) atoms. The summed E-state index contributed by atoms with van der Waals surface area (Å²) in [7, 11) is 0. The third-order valence-corrected chi connectivity index (χ3v) is 2.14. The van der Waals surface area contributed by atoms with Gasteiger partial charge in [0.2, 0.25) is 0 Å². The van der Waals surface area contributed by atoms with Gasteiger partial charge < -0.3 is 10.2 Å². The lowest BCUT2D eigenvalue weighted by Crippen LogP contribution is -2.20. The molecular formula is C11H24O2. The molecule has 0 spiro atoms. The Labute approximate surface area is 82.0 Å². The summed E-state index contributed by atoms with van der Waals surface area (Å²) in [6.07, 6.45) is 2.21. The molecule has 0 bridgehead atoms. The Balaban J connectivity index is 3.67. The quantitative estimate of drug-likeness (QED) is 0.694. The summed E-state index contributed by atoms with van der Waals surface area (Å²) in [5, 5.41) is 18.4. The summed E-state index contributed by atoms with van der Waals surface area (Å²) in [5.74, 6) is 0.419. The van der Waals surface area contributed by atoms with E-state index >= 15 is 0 Å². The zero-order chi connectivity index (χ0) is 10.5. The number of hydrogen-bond donors (Lipinski definition) is 2. The fraction of sp³-hybridized carbons (Fsp3) is 1.00. The zero-order valence-corrected chi connectivity index (χ0v) is 9.38. The fourth-order valence-electron chi connectivity index (χ4n) is 1.59. The van der Waals surface area contributed by atoms with E-state index in [2.05, 4.69) is 27.7 Å². The van der Waals surface area contributed by atoms with Gasteiger partial charge in [0.15, 0.2) is 0 Å². The van der Waals surface area contributed by atoms with Crippen LogP contribution in [-0.4, -0.2) is 22.9 Å². The molecule has 0 aliphatic carbocycles. The smallest absolute Gasteiger partial charge is 0.0547 e. The van der Waals surface area contributed by atoms with Crippen molar-refractivity contribution in [2.75, 3.05) is 6.61 Å². The van der Waals surface area contributed by atoms with E-state index in [9.17, 15) is 5.11 Å². The minimum absolute atomic E-state index is 0.193. The second-order valence-corrected chi connectivity index (χ2v) is 5.27. The van der Waals surface area contributed by atoms with Gasteiger partial charge in [-0.1, -0.05) is 27.7 Å². The molecule has 0 aromatic heterocycles. The standard InChI is InChI=1S/C11H24O2/c1-9(5-6-12)7-10(13)8-11(2,3)4/h9-10,12-13H,5-8H2,1-4H3. The number of aliphatic hydroxyl groups is 2. The Kier molecular flexibility index (Phi) is 5.57. The largest absolute Gasteiger partial charge is 0.396 e. The Morgan fingerprint density at radius 3 is 2.15 bits per heavy atom.